The van der Waals surface area contributed by atoms with Crippen LogP contribution in [0, 0.1) is 0 Å². The minimum atomic E-state index is -1.25. The van der Waals surface area contributed by atoms with Crippen LogP contribution in [0.2, 0.25) is 0 Å². The van der Waals surface area contributed by atoms with E-state index in [1.807, 2.05) is 24.3 Å². The predicted molar refractivity (Wildman–Crippen MR) is 70.6 cm³/mol. The molecule has 0 radical (unpaired) electrons. The van der Waals surface area contributed by atoms with Crippen molar-refractivity contribution < 1.29 is 14.7 Å². The molecule has 0 fully saturated rings. The summed E-state index contributed by atoms with van der Waals surface area (Å²) in [6, 6.07) is 7.55. The molecule has 5 nitrogen and oxygen atoms in total. The first-order chi connectivity index (χ1) is 8.90. The van der Waals surface area contributed by atoms with Gasteiger partial charge in [-0.15, -0.1) is 0 Å². The number of carboxylic acid groups (broad SMARTS) is 1. The Labute approximate surface area is 112 Å². The Kier molecular flexibility index (Phi) is 3.57. The summed E-state index contributed by atoms with van der Waals surface area (Å²) in [6.07, 6.45) is 0.581. The van der Waals surface area contributed by atoms with Crippen LogP contribution in [-0.4, -0.2) is 28.6 Å². The van der Waals surface area contributed by atoms with Gasteiger partial charge in [0, 0.05) is 6.54 Å². The molecule has 1 amide bonds. The zero-order valence-electron chi connectivity index (χ0n) is 11.1. The van der Waals surface area contributed by atoms with E-state index in [0.29, 0.717) is 13.0 Å². The molecule has 102 valence electrons. The minimum absolute atomic E-state index is 0.276. The Morgan fingerprint density at radius 3 is 2.58 bits per heavy atom. The molecule has 1 atom stereocenters. The van der Waals surface area contributed by atoms with Crippen molar-refractivity contribution in [1.29, 1.82) is 0 Å². The molecule has 0 unspecified atom stereocenters. The number of hydrogen-bond acceptors (Lipinski definition) is 3. The third kappa shape index (κ3) is 2.93. The standard InChI is InChI=1S/C14H18N2O3/c1-14(2,13(18)19)16-12(17)11-7-9-5-3-4-6-10(9)8-15-11/h3-6,11,15H,7-8H2,1-2H3,(H,16,17)(H,18,19)/t11-/m1/s1. The van der Waals surface area contributed by atoms with Crippen molar-refractivity contribution in [2.45, 2.75) is 38.4 Å². The number of fused-ring (bicyclic) bond motifs is 1. The van der Waals surface area contributed by atoms with E-state index in [1.165, 1.54) is 19.4 Å². The van der Waals surface area contributed by atoms with Gasteiger partial charge in [-0.05, 0) is 31.4 Å². The van der Waals surface area contributed by atoms with Crippen molar-refractivity contribution in [3.8, 4) is 0 Å². The number of benzene rings is 1. The van der Waals surface area contributed by atoms with Crippen molar-refractivity contribution in [3.63, 3.8) is 0 Å². The third-order valence-corrected chi connectivity index (χ3v) is 3.37. The summed E-state index contributed by atoms with van der Waals surface area (Å²) in [5, 5.41) is 14.7. The van der Waals surface area contributed by atoms with Crippen LogP contribution >= 0.6 is 0 Å². The summed E-state index contributed by atoms with van der Waals surface area (Å²) in [7, 11) is 0. The largest absolute Gasteiger partial charge is 0.480 e. The first kappa shape index (κ1) is 13.5. The molecule has 1 aliphatic heterocycles. The van der Waals surface area contributed by atoms with Crippen LogP contribution in [0.5, 0.6) is 0 Å². The van der Waals surface area contributed by atoms with Gasteiger partial charge in [0.15, 0.2) is 0 Å². The quantitative estimate of drug-likeness (QED) is 0.748. The van der Waals surface area contributed by atoms with E-state index in [9.17, 15) is 9.59 Å². The second-order valence-corrected chi connectivity index (χ2v) is 5.33. The van der Waals surface area contributed by atoms with E-state index in [0.717, 1.165) is 5.56 Å². The highest BCUT2D eigenvalue weighted by Gasteiger charge is 2.33. The second-order valence-electron chi connectivity index (χ2n) is 5.33. The highest BCUT2D eigenvalue weighted by atomic mass is 16.4. The lowest BCUT2D eigenvalue weighted by Gasteiger charge is -2.29. The van der Waals surface area contributed by atoms with Gasteiger partial charge in [-0.3, -0.25) is 4.79 Å². The van der Waals surface area contributed by atoms with Crippen molar-refractivity contribution in [3.05, 3.63) is 35.4 Å². The van der Waals surface area contributed by atoms with Crippen LogP contribution in [0.3, 0.4) is 0 Å². The van der Waals surface area contributed by atoms with Gasteiger partial charge in [0.2, 0.25) is 5.91 Å². The lowest BCUT2D eigenvalue weighted by molar-refractivity contribution is -0.146. The predicted octanol–water partition coefficient (Wildman–Crippen LogP) is 0.680. The zero-order valence-corrected chi connectivity index (χ0v) is 11.1. The summed E-state index contributed by atoms with van der Waals surface area (Å²) < 4.78 is 0. The normalized spacial score (nSPS) is 18.5. The fraction of sp³-hybridized carbons (Fsp3) is 0.429. The number of aliphatic carboxylic acids is 1. The summed E-state index contributed by atoms with van der Waals surface area (Å²) in [6.45, 7) is 3.58. The molecule has 5 heteroatoms. The average Bonchev–Trinajstić information content (AvgIpc) is 2.37. The van der Waals surface area contributed by atoms with Crippen LogP contribution < -0.4 is 10.6 Å². The molecule has 3 N–H and O–H groups in total. The molecule has 0 saturated carbocycles. The van der Waals surface area contributed by atoms with Gasteiger partial charge < -0.3 is 15.7 Å². The van der Waals surface area contributed by atoms with Gasteiger partial charge in [0.25, 0.3) is 0 Å². The van der Waals surface area contributed by atoms with Crippen molar-refractivity contribution in [1.82, 2.24) is 10.6 Å². The van der Waals surface area contributed by atoms with Gasteiger partial charge in [0.05, 0.1) is 6.04 Å². The summed E-state index contributed by atoms with van der Waals surface area (Å²) >= 11 is 0. The molecule has 1 aromatic rings. The number of rotatable bonds is 3. The molecule has 1 aliphatic rings. The van der Waals surface area contributed by atoms with Crippen LogP contribution in [0.1, 0.15) is 25.0 Å². The Bertz CT molecular complexity index is 511. The molecule has 19 heavy (non-hydrogen) atoms. The molecular weight excluding hydrogens is 244 g/mol. The highest BCUT2D eigenvalue weighted by Crippen LogP contribution is 2.16. The van der Waals surface area contributed by atoms with Crippen molar-refractivity contribution in [2.75, 3.05) is 0 Å². The Hall–Kier alpha value is -1.88. The Balaban J connectivity index is 2.05. The molecule has 0 aliphatic carbocycles. The van der Waals surface area contributed by atoms with Crippen molar-refractivity contribution >= 4 is 11.9 Å². The van der Waals surface area contributed by atoms with E-state index in [1.54, 1.807) is 0 Å². The van der Waals surface area contributed by atoms with Gasteiger partial charge >= 0.3 is 5.97 Å². The molecule has 0 aromatic heterocycles. The zero-order chi connectivity index (χ0) is 14.0. The summed E-state index contributed by atoms with van der Waals surface area (Å²) in [4.78, 5) is 23.1. The number of carbonyl (C=O) groups is 2. The SMILES string of the molecule is CC(C)(NC(=O)[C@H]1Cc2ccccc2CN1)C(=O)O. The number of nitrogens with one attached hydrogen (secondary N) is 2. The van der Waals surface area contributed by atoms with E-state index >= 15 is 0 Å². The van der Waals surface area contributed by atoms with Crippen LogP contribution in [0.25, 0.3) is 0 Å². The lowest BCUT2D eigenvalue weighted by atomic mass is 9.94. The molecule has 2 rings (SSSR count). The number of carboxylic acids is 1. The number of hydrogen-bond donors (Lipinski definition) is 3. The average molecular weight is 262 g/mol. The van der Waals surface area contributed by atoms with Gasteiger partial charge in [-0.25, -0.2) is 4.79 Å². The fourth-order valence-electron chi connectivity index (χ4n) is 2.09. The van der Waals surface area contributed by atoms with Crippen molar-refractivity contribution in [2.24, 2.45) is 0 Å². The molecule has 0 saturated heterocycles. The van der Waals surface area contributed by atoms with Gasteiger partial charge in [-0.1, -0.05) is 24.3 Å². The fourth-order valence-corrected chi connectivity index (χ4v) is 2.09. The van der Waals surface area contributed by atoms with E-state index < -0.39 is 11.5 Å². The molecular formula is C14H18N2O3. The summed E-state index contributed by atoms with van der Waals surface area (Å²) in [5.41, 5.74) is 1.06. The monoisotopic (exact) mass is 262 g/mol. The van der Waals surface area contributed by atoms with Crippen LogP contribution in [0.4, 0.5) is 0 Å². The first-order valence-electron chi connectivity index (χ1n) is 6.26. The molecule has 0 bridgehead atoms. The molecule has 0 spiro atoms. The van der Waals surface area contributed by atoms with Crippen LogP contribution in [0.15, 0.2) is 24.3 Å². The topological polar surface area (TPSA) is 78.4 Å². The first-order valence-corrected chi connectivity index (χ1v) is 6.26. The highest BCUT2D eigenvalue weighted by molar-refractivity contribution is 5.89. The second kappa shape index (κ2) is 5.01. The maximum Gasteiger partial charge on any atom is 0.328 e. The van der Waals surface area contributed by atoms with E-state index in [-0.39, 0.29) is 11.9 Å². The molecule has 1 aromatic carbocycles. The van der Waals surface area contributed by atoms with Gasteiger partial charge in [-0.2, -0.15) is 0 Å². The summed E-state index contributed by atoms with van der Waals surface area (Å²) in [5.74, 6) is -1.32. The molecule has 1 heterocycles. The van der Waals surface area contributed by atoms with E-state index in [2.05, 4.69) is 10.6 Å². The Morgan fingerprint density at radius 1 is 1.32 bits per heavy atom. The number of carbonyl (C=O) groups excluding carboxylic acids is 1. The Morgan fingerprint density at radius 2 is 1.95 bits per heavy atom. The lowest BCUT2D eigenvalue weighted by Crippen LogP contribution is -2.56. The smallest absolute Gasteiger partial charge is 0.328 e. The number of amides is 1. The van der Waals surface area contributed by atoms with E-state index in [4.69, 9.17) is 5.11 Å². The maximum absolute atomic E-state index is 12.1. The minimum Gasteiger partial charge on any atom is -0.480 e. The van der Waals surface area contributed by atoms with Gasteiger partial charge in [0.1, 0.15) is 5.54 Å². The third-order valence-electron chi connectivity index (χ3n) is 3.37. The van der Waals surface area contributed by atoms with Crippen LogP contribution in [-0.2, 0) is 22.6 Å². The maximum atomic E-state index is 12.1.